The molecule has 1 aromatic rings. The van der Waals surface area contributed by atoms with Crippen LogP contribution < -0.4 is 9.47 Å². The molecule has 19 heavy (non-hydrogen) atoms. The minimum Gasteiger partial charge on any atom is -0.493 e. The molecule has 1 fully saturated rings. The Morgan fingerprint density at radius 3 is 2.63 bits per heavy atom. The van der Waals surface area contributed by atoms with Gasteiger partial charge in [0, 0.05) is 18.2 Å². The Morgan fingerprint density at radius 2 is 2.11 bits per heavy atom. The molecule has 0 heterocycles. The van der Waals surface area contributed by atoms with E-state index in [1.54, 1.807) is 14.2 Å². The second-order valence-corrected chi connectivity index (χ2v) is 4.68. The van der Waals surface area contributed by atoms with Gasteiger partial charge in [-0.3, -0.25) is 9.69 Å². The minimum absolute atomic E-state index is 0.0605. The Morgan fingerprint density at radius 1 is 1.37 bits per heavy atom. The first-order valence-electron chi connectivity index (χ1n) is 6.31. The lowest BCUT2D eigenvalue weighted by Gasteiger charge is -2.21. The van der Waals surface area contributed by atoms with Crippen molar-refractivity contribution in [3.8, 4) is 11.5 Å². The summed E-state index contributed by atoms with van der Waals surface area (Å²) < 4.78 is 10.6. The SMILES string of the molecule is COc1cccc(CN(CC(=O)O)C2CC2)c1OC. The van der Waals surface area contributed by atoms with E-state index in [-0.39, 0.29) is 6.54 Å². The molecule has 1 aliphatic rings. The zero-order valence-electron chi connectivity index (χ0n) is 11.3. The van der Waals surface area contributed by atoms with E-state index in [9.17, 15) is 4.79 Å². The Balaban J connectivity index is 2.18. The number of hydrogen-bond donors (Lipinski definition) is 1. The van der Waals surface area contributed by atoms with Gasteiger partial charge in [-0.25, -0.2) is 0 Å². The maximum atomic E-state index is 10.9. The highest BCUT2D eigenvalue weighted by molar-refractivity contribution is 5.69. The first-order valence-corrected chi connectivity index (χ1v) is 6.31. The number of carboxylic acid groups (broad SMARTS) is 1. The predicted molar refractivity (Wildman–Crippen MR) is 70.6 cm³/mol. The van der Waals surface area contributed by atoms with Crippen LogP contribution in [-0.4, -0.2) is 42.8 Å². The predicted octanol–water partition coefficient (Wildman–Crippen LogP) is 1.75. The van der Waals surface area contributed by atoms with Crippen molar-refractivity contribution in [2.45, 2.75) is 25.4 Å². The van der Waals surface area contributed by atoms with Gasteiger partial charge in [-0.2, -0.15) is 0 Å². The van der Waals surface area contributed by atoms with E-state index < -0.39 is 5.97 Å². The number of rotatable bonds is 7. The summed E-state index contributed by atoms with van der Waals surface area (Å²) in [5.74, 6) is 0.556. The molecular formula is C14H19NO4. The van der Waals surface area contributed by atoms with Crippen molar-refractivity contribution >= 4 is 5.97 Å². The van der Waals surface area contributed by atoms with Gasteiger partial charge in [-0.15, -0.1) is 0 Å². The topological polar surface area (TPSA) is 59.0 Å². The van der Waals surface area contributed by atoms with Crippen LogP contribution in [0.5, 0.6) is 11.5 Å². The summed E-state index contributed by atoms with van der Waals surface area (Å²) in [6.45, 7) is 0.627. The van der Waals surface area contributed by atoms with Gasteiger partial charge >= 0.3 is 5.97 Å². The van der Waals surface area contributed by atoms with Gasteiger partial charge in [0.25, 0.3) is 0 Å². The molecule has 0 aromatic heterocycles. The highest BCUT2D eigenvalue weighted by Crippen LogP contribution is 2.34. The van der Waals surface area contributed by atoms with Gasteiger partial charge < -0.3 is 14.6 Å². The standard InChI is InChI=1S/C14H19NO4/c1-18-12-5-3-4-10(14(12)19-2)8-15(9-13(16)17)11-6-7-11/h3-5,11H,6-9H2,1-2H3,(H,16,17). The molecule has 2 rings (SSSR count). The van der Waals surface area contributed by atoms with Crippen molar-refractivity contribution in [2.75, 3.05) is 20.8 Å². The smallest absolute Gasteiger partial charge is 0.317 e. The molecule has 104 valence electrons. The summed E-state index contributed by atoms with van der Waals surface area (Å²) in [4.78, 5) is 12.9. The molecule has 1 aliphatic carbocycles. The third kappa shape index (κ3) is 3.38. The van der Waals surface area contributed by atoms with E-state index in [0.29, 0.717) is 24.1 Å². The molecule has 0 radical (unpaired) electrons. The summed E-state index contributed by atoms with van der Waals surface area (Å²) >= 11 is 0. The number of carbonyl (C=O) groups is 1. The lowest BCUT2D eigenvalue weighted by atomic mass is 10.1. The van der Waals surface area contributed by atoms with Crippen LogP contribution >= 0.6 is 0 Å². The van der Waals surface area contributed by atoms with Crippen LogP contribution in [0.15, 0.2) is 18.2 Å². The van der Waals surface area contributed by atoms with Crippen LogP contribution in [0.25, 0.3) is 0 Å². The number of aliphatic carboxylic acids is 1. The number of methoxy groups -OCH3 is 2. The van der Waals surface area contributed by atoms with Crippen LogP contribution in [0.4, 0.5) is 0 Å². The van der Waals surface area contributed by atoms with E-state index >= 15 is 0 Å². The second kappa shape index (κ2) is 5.93. The highest BCUT2D eigenvalue weighted by Gasteiger charge is 2.31. The Hall–Kier alpha value is -1.75. The van der Waals surface area contributed by atoms with E-state index in [0.717, 1.165) is 18.4 Å². The summed E-state index contributed by atoms with van der Waals surface area (Å²) in [6.07, 6.45) is 2.14. The van der Waals surface area contributed by atoms with E-state index in [1.165, 1.54) is 0 Å². The van der Waals surface area contributed by atoms with Crippen molar-refractivity contribution in [2.24, 2.45) is 0 Å². The van der Waals surface area contributed by atoms with Crippen LogP contribution in [0.2, 0.25) is 0 Å². The molecule has 0 spiro atoms. The van der Waals surface area contributed by atoms with Crippen molar-refractivity contribution in [3.05, 3.63) is 23.8 Å². The van der Waals surface area contributed by atoms with Gasteiger partial charge in [0.05, 0.1) is 20.8 Å². The molecular weight excluding hydrogens is 246 g/mol. The molecule has 1 N–H and O–H groups in total. The van der Waals surface area contributed by atoms with E-state index in [2.05, 4.69) is 0 Å². The van der Waals surface area contributed by atoms with Crippen molar-refractivity contribution < 1.29 is 19.4 Å². The van der Waals surface area contributed by atoms with Crippen molar-refractivity contribution in [1.29, 1.82) is 0 Å². The maximum absolute atomic E-state index is 10.9. The second-order valence-electron chi connectivity index (χ2n) is 4.68. The molecule has 5 heteroatoms. The quantitative estimate of drug-likeness (QED) is 0.814. The number of hydrogen-bond acceptors (Lipinski definition) is 4. The molecule has 1 aromatic carbocycles. The average molecular weight is 265 g/mol. The Kier molecular flexibility index (Phi) is 4.27. The highest BCUT2D eigenvalue weighted by atomic mass is 16.5. The lowest BCUT2D eigenvalue weighted by molar-refractivity contribution is -0.138. The number of nitrogens with zero attached hydrogens (tertiary/aromatic N) is 1. The fourth-order valence-corrected chi connectivity index (χ4v) is 2.22. The van der Waals surface area contributed by atoms with Crippen LogP contribution in [-0.2, 0) is 11.3 Å². The third-order valence-electron chi connectivity index (χ3n) is 3.26. The van der Waals surface area contributed by atoms with Crippen molar-refractivity contribution in [1.82, 2.24) is 4.90 Å². The zero-order chi connectivity index (χ0) is 13.8. The first kappa shape index (κ1) is 13.7. The molecule has 5 nitrogen and oxygen atoms in total. The average Bonchev–Trinajstić information content (AvgIpc) is 3.21. The normalized spacial score (nSPS) is 14.5. The van der Waals surface area contributed by atoms with Gasteiger partial charge in [0.2, 0.25) is 0 Å². The molecule has 0 atom stereocenters. The third-order valence-corrected chi connectivity index (χ3v) is 3.26. The van der Waals surface area contributed by atoms with Gasteiger partial charge in [-0.1, -0.05) is 12.1 Å². The van der Waals surface area contributed by atoms with E-state index in [1.807, 2.05) is 23.1 Å². The fraction of sp³-hybridized carbons (Fsp3) is 0.500. The molecule has 0 aliphatic heterocycles. The summed E-state index contributed by atoms with van der Waals surface area (Å²) in [6, 6.07) is 6.05. The lowest BCUT2D eigenvalue weighted by Crippen LogP contribution is -2.31. The number of carboxylic acids is 1. The fourth-order valence-electron chi connectivity index (χ4n) is 2.22. The van der Waals surface area contributed by atoms with Crippen LogP contribution in [0.3, 0.4) is 0 Å². The number of ether oxygens (including phenoxy) is 2. The monoisotopic (exact) mass is 265 g/mol. The van der Waals surface area contributed by atoms with Crippen LogP contribution in [0, 0.1) is 0 Å². The molecule has 0 saturated heterocycles. The summed E-state index contributed by atoms with van der Waals surface area (Å²) in [5.41, 5.74) is 0.954. The van der Waals surface area contributed by atoms with Gasteiger partial charge in [-0.05, 0) is 18.9 Å². The maximum Gasteiger partial charge on any atom is 0.317 e. The van der Waals surface area contributed by atoms with Gasteiger partial charge in [0.15, 0.2) is 11.5 Å². The largest absolute Gasteiger partial charge is 0.493 e. The molecule has 0 amide bonds. The Labute approximate surface area is 112 Å². The first-order chi connectivity index (χ1) is 9.15. The van der Waals surface area contributed by atoms with Gasteiger partial charge in [0.1, 0.15) is 0 Å². The summed E-state index contributed by atoms with van der Waals surface area (Å²) in [7, 11) is 3.19. The van der Waals surface area contributed by atoms with Crippen LogP contribution in [0.1, 0.15) is 18.4 Å². The molecule has 0 bridgehead atoms. The number of para-hydroxylation sites is 1. The molecule has 0 unspecified atom stereocenters. The number of benzene rings is 1. The van der Waals surface area contributed by atoms with E-state index in [4.69, 9.17) is 14.6 Å². The summed E-state index contributed by atoms with van der Waals surface area (Å²) in [5, 5.41) is 8.97. The minimum atomic E-state index is -0.797. The Bertz CT molecular complexity index is 457. The molecule has 1 saturated carbocycles. The van der Waals surface area contributed by atoms with Crippen molar-refractivity contribution in [3.63, 3.8) is 0 Å². The zero-order valence-corrected chi connectivity index (χ0v) is 11.3.